The summed E-state index contributed by atoms with van der Waals surface area (Å²) in [5.41, 5.74) is 0. The highest BCUT2D eigenvalue weighted by molar-refractivity contribution is 5.83. The van der Waals surface area contributed by atoms with E-state index in [0.29, 0.717) is 26.1 Å². The van der Waals surface area contributed by atoms with Gasteiger partial charge in [0.05, 0.1) is 17.9 Å². The maximum Gasteiger partial charge on any atom is 0.308 e. The maximum absolute atomic E-state index is 12.1. The number of piperidine rings is 1. The standard InChI is InChI=1S/C12H19NO4/c1-2-17-10-6-9(10)11(14)13-5-3-4-8(7-13)12(15)16/h8-10H,2-7H2,1H3,(H,15,16)/t8-,9+,10+/m0/s1. The summed E-state index contributed by atoms with van der Waals surface area (Å²) < 4.78 is 5.39. The number of carboxylic acid groups (broad SMARTS) is 1. The first kappa shape index (κ1) is 12.4. The highest BCUT2D eigenvalue weighted by Gasteiger charge is 2.46. The summed E-state index contributed by atoms with van der Waals surface area (Å²) in [7, 11) is 0. The zero-order valence-electron chi connectivity index (χ0n) is 10.1. The van der Waals surface area contributed by atoms with Gasteiger partial charge in [-0.1, -0.05) is 0 Å². The van der Waals surface area contributed by atoms with Crippen LogP contribution in [0.4, 0.5) is 0 Å². The number of nitrogens with zero attached hydrogens (tertiary/aromatic N) is 1. The van der Waals surface area contributed by atoms with Crippen molar-refractivity contribution in [2.75, 3.05) is 19.7 Å². The molecule has 1 aliphatic heterocycles. The minimum absolute atomic E-state index is 0.0255. The molecule has 0 unspecified atom stereocenters. The average Bonchev–Trinajstić information content (AvgIpc) is 3.08. The Morgan fingerprint density at radius 1 is 1.47 bits per heavy atom. The Bertz CT molecular complexity index is 318. The Balaban J connectivity index is 1.86. The number of likely N-dealkylation sites (tertiary alicyclic amines) is 1. The average molecular weight is 241 g/mol. The number of carbonyl (C=O) groups is 2. The van der Waals surface area contributed by atoms with E-state index in [2.05, 4.69) is 0 Å². The van der Waals surface area contributed by atoms with Crippen molar-refractivity contribution in [1.82, 2.24) is 4.90 Å². The smallest absolute Gasteiger partial charge is 0.308 e. The van der Waals surface area contributed by atoms with Crippen LogP contribution in [0.2, 0.25) is 0 Å². The predicted octanol–water partition coefficient (Wildman–Crippen LogP) is 0.735. The topological polar surface area (TPSA) is 66.8 Å². The Morgan fingerprint density at radius 2 is 2.24 bits per heavy atom. The van der Waals surface area contributed by atoms with E-state index in [1.807, 2.05) is 6.92 Å². The van der Waals surface area contributed by atoms with E-state index in [0.717, 1.165) is 12.8 Å². The van der Waals surface area contributed by atoms with Crippen LogP contribution in [-0.4, -0.2) is 47.7 Å². The third-order valence-corrected chi connectivity index (χ3v) is 3.51. The first-order valence-corrected chi connectivity index (χ1v) is 6.26. The molecule has 1 saturated carbocycles. The summed E-state index contributed by atoms with van der Waals surface area (Å²) >= 11 is 0. The van der Waals surface area contributed by atoms with Gasteiger partial charge in [0.15, 0.2) is 0 Å². The molecule has 5 nitrogen and oxygen atoms in total. The molecule has 1 saturated heterocycles. The normalized spacial score (nSPS) is 32.3. The number of ether oxygens (including phenoxy) is 1. The molecule has 0 aromatic rings. The molecule has 17 heavy (non-hydrogen) atoms. The first-order valence-electron chi connectivity index (χ1n) is 6.26. The lowest BCUT2D eigenvalue weighted by Gasteiger charge is -2.30. The molecule has 0 aromatic carbocycles. The van der Waals surface area contributed by atoms with Crippen molar-refractivity contribution in [2.24, 2.45) is 11.8 Å². The van der Waals surface area contributed by atoms with Crippen LogP contribution in [0.3, 0.4) is 0 Å². The Morgan fingerprint density at radius 3 is 2.88 bits per heavy atom. The van der Waals surface area contributed by atoms with Gasteiger partial charge < -0.3 is 14.7 Å². The molecule has 0 aromatic heterocycles. The molecule has 1 N–H and O–H groups in total. The minimum Gasteiger partial charge on any atom is -0.481 e. The number of carbonyl (C=O) groups excluding carboxylic acids is 1. The van der Waals surface area contributed by atoms with Gasteiger partial charge >= 0.3 is 5.97 Å². The number of carboxylic acids is 1. The van der Waals surface area contributed by atoms with Gasteiger partial charge in [-0.05, 0) is 26.2 Å². The Kier molecular flexibility index (Phi) is 3.66. The SMILES string of the molecule is CCO[C@@H]1C[C@H]1C(=O)N1CCC[C@H](C(=O)O)C1. The third-order valence-electron chi connectivity index (χ3n) is 3.51. The summed E-state index contributed by atoms with van der Waals surface area (Å²) in [6.45, 7) is 3.61. The summed E-state index contributed by atoms with van der Waals surface area (Å²) in [4.78, 5) is 24.7. The van der Waals surface area contributed by atoms with E-state index in [1.165, 1.54) is 0 Å². The zero-order chi connectivity index (χ0) is 12.4. The molecule has 96 valence electrons. The van der Waals surface area contributed by atoms with Crippen LogP contribution in [0.5, 0.6) is 0 Å². The van der Waals surface area contributed by atoms with Gasteiger partial charge in [-0.15, -0.1) is 0 Å². The summed E-state index contributed by atoms with van der Waals surface area (Å²) in [5.74, 6) is -1.13. The van der Waals surface area contributed by atoms with E-state index in [9.17, 15) is 9.59 Å². The fourth-order valence-corrected chi connectivity index (χ4v) is 2.44. The minimum atomic E-state index is -0.792. The van der Waals surface area contributed by atoms with Crippen molar-refractivity contribution >= 4 is 11.9 Å². The van der Waals surface area contributed by atoms with Crippen LogP contribution < -0.4 is 0 Å². The predicted molar refractivity (Wildman–Crippen MR) is 60.5 cm³/mol. The zero-order valence-corrected chi connectivity index (χ0v) is 10.1. The number of rotatable bonds is 4. The molecule has 0 bridgehead atoms. The third kappa shape index (κ3) is 2.77. The van der Waals surface area contributed by atoms with Gasteiger partial charge in [0, 0.05) is 19.7 Å². The number of amides is 1. The van der Waals surface area contributed by atoms with Crippen molar-refractivity contribution in [3.05, 3.63) is 0 Å². The lowest BCUT2D eigenvalue weighted by Crippen LogP contribution is -2.43. The van der Waals surface area contributed by atoms with E-state index >= 15 is 0 Å². The lowest BCUT2D eigenvalue weighted by atomic mass is 9.98. The van der Waals surface area contributed by atoms with Crippen molar-refractivity contribution in [2.45, 2.75) is 32.3 Å². The Labute approximate surface area is 101 Å². The van der Waals surface area contributed by atoms with Gasteiger partial charge in [0.25, 0.3) is 0 Å². The van der Waals surface area contributed by atoms with Crippen molar-refractivity contribution in [3.8, 4) is 0 Å². The largest absolute Gasteiger partial charge is 0.481 e. The summed E-state index contributed by atoms with van der Waals surface area (Å²) in [5, 5.41) is 8.97. The summed E-state index contributed by atoms with van der Waals surface area (Å²) in [6.07, 6.45) is 2.33. The second-order valence-corrected chi connectivity index (χ2v) is 4.80. The molecule has 2 aliphatic rings. The van der Waals surface area contributed by atoms with E-state index < -0.39 is 11.9 Å². The van der Waals surface area contributed by atoms with E-state index in [1.54, 1.807) is 4.90 Å². The van der Waals surface area contributed by atoms with Gasteiger partial charge in [0.2, 0.25) is 5.91 Å². The van der Waals surface area contributed by atoms with Crippen LogP contribution in [0.25, 0.3) is 0 Å². The molecular weight excluding hydrogens is 222 g/mol. The van der Waals surface area contributed by atoms with Gasteiger partial charge in [-0.25, -0.2) is 0 Å². The van der Waals surface area contributed by atoms with Crippen LogP contribution in [-0.2, 0) is 14.3 Å². The van der Waals surface area contributed by atoms with Crippen LogP contribution >= 0.6 is 0 Å². The molecule has 1 heterocycles. The quantitative estimate of drug-likeness (QED) is 0.788. The van der Waals surface area contributed by atoms with Crippen molar-refractivity contribution in [1.29, 1.82) is 0 Å². The lowest BCUT2D eigenvalue weighted by molar-refractivity contribution is -0.146. The van der Waals surface area contributed by atoms with Crippen molar-refractivity contribution in [3.63, 3.8) is 0 Å². The van der Waals surface area contributed by atoms with Gasteiger partial charge in [-0.3, -0.25) is 9.59 Å². The monoisotopic (exact) mass is 241 g/mol. The van der Waals surface area contributed by atoms with Gasteiger partial charge in [-0.2, -0.15) is 0 Å². The number of hydrogen-bond acceptors (Lipinski definition) is 3. The van der Waals surface area contributed by atoms with Crippen LogP contribution in [0.1, 0.15) is 26.2 Å². The fourth-order valence-electron chi connectivity index (χ4n) is 2.44. The molecule has 3 atom stereocenters. The maximum atomic E-state index is 12.1. The molecular formula is C12H19NO4. The molecule has 1 aliphatic carbocycles. The molecule has 0 spiro atoms. The van der Waals surface area contributed by atoms with Crippen molar-refractivity contribution < 1.29 is 19.4 Å². The number of hydrogen-bond donors (Lipinski definition) is 1. The molecule has 2 rings (SSSR count). The van der Waals surface area contributed by atoms with E-state index in [4.69, 9.17) is 9.84 Å². The highest BCUT2D eigenvalue weighted by atomic mass is 16.5. The molecule has 0 radical (unpaired) electrons. The second kappa shape index (κ2) is 5.04. The van der Waals surface area contributed by atoms with Crippen LogP contribution in [0.15, 0.2) is 0 Å². The van der Waals surface area contributed by atoms with Crippen LogP contribution in [0, 0.1) is 11.8 Å². The molecule has 5 heteroatoms. The van der Waals surface area contributed by atoms with E-state index in [-0.39, 0.29) is 17.9 Å². The summed E-state index contributed by atoms with van der Waals surface area (Å²) in [6, 6.07) is 0. The Hall–Kier alpha value is -1.10. The second-order valence-electron chi connectivity index (χ2n) is 4.80. The first-order chi connectivity index (χ1) is 8.13. The highest BCUT2D eigenvalue weighted by Crippen LogP contribution is 2.36. The number of aliphatic carboxylic acids is 1. The molecule has 1 amide bonds. The molecule has 2 fully saturated rings. The van der Waals surface area contributed by atoms with Gasteiger partial charge in [0.1, 0.15) is 0 Å². The fraction of sp³-hybridized carbons (Fsp3) is 0.833.